The van der Waals surface area contributed by atoms with Crippen molar-refractivity contribution in [1.29, 1.82) is 0 Å². The summed E-state index contributed by atoms with van der Waals surface area (Å²) in [6.45, 7) is 4.83. The van der Waals surface area contributed by atoms with Crippen LogP contribution in [0.2, 0.25) is 0 Å². The van der Waals surface area contributed by atoms with E-state index >= 15 is 0 Å². The Morgan fingerprint density at radius 1 is 1.62 bits per heavy atom. The number of carbonyl (C=O) groups excluding carboxylic acids is 1. The molecule has 0 aromatic carbocycles. The molecule has 0 aromatic heterocycles. The molecule has 6 heteroatoms. The zero-order valence-electron chi connectivity index (χ0n) is 7.70. The van der Waals surface area contributed by atoms with E-state index in [0.29, 0.717) is 5.57 Å². The summed E-state index contributed by atoms with van der Waals surface area (Å²) >= 11 is 0. The highest BCUT2D eigenvalue weighted by atomic mass is 32.2. The van der Waals surface area contributed by atoms with Crippen LogP contribution in [0.5, 0.6) is 0 Å². The second-order valence-electron chi connectivity index (χ2n) is 2.86. The molecule has 0 spiro atoms. The maximum Gasteiger partial charge on any atom is 0.246 e. The number of nitrogens with one attached hydrogen (secondary N) is 1. The van der Waals surface area contributed by atoms with Crippen LogP contribution in [0.4, 0.5) is 0 Å². The summed E-state index contributed by atoms with van der Waals surface area (Å²) in [5.41, 5.74) is 5.59. The van der Waals surface area contributed by atoms with E-state index in [1.54, 1.807) is 0 Å². The van der Waals surface area contributed by atoms with Crippen LogP contribution >= 0.6 is 0 Å². The van der Waals surface area contributed by atoms with Crippen LogP contribution in [0.15, 0.2) is 12.2 Å². The monoisotopic (exact) mass is 206 g/mol. The molecule has 0 radical (unpaired) electrons. The van der Waals surface area contributed by atoms with Crippen LogP contribution < -0.4 is 11.1 Å². The first-order chi connectivity index (χ1) is 5.75. The van der Waals surface area contributed by atoms with Gasteiger partial charge in [0.2, 0.25) is 5.91 Å². The third-order valence-electron chi connectivity index (χ3n) is 1.40. The van der Waals surface area contributed by atoms with Crippen LogP contribution in [-0.2, 0) is 14.6 Å². The first-order valence-corrected chi connectivity index (χ1v) is 5.58. The molecule has 1 unspecified atom stereocenters. The van der Waals surface area contributed by atoms with Gasteiger partial charge < -0.3 is 11.1 Å². The van der Waals surface area contributed by atoms with Gasteiger partial charge in [-0.25, -0.2) is 8.42 Å². The predicted molar refractivity (Wildman–Crippen MR) is 50.6 cm³/mol. The van der Waals surface area contributed by atoms with Crippen LogP contribution in [0.3, 0.4) is 0 Å². The lowest BCUT2D eigenvalue weighted by molar-refractivity contribution is -0.117. The van der Waals surface area contributed by atoms with Crippen molar-refractivity contribution >= 4 is 15.7 Å². The first kappa shape index (κ1) is 12.1. The van der Waals surface area contributed by atoms with Crippen LogP contribution in [0.1, 0.15) is 6.92 Å². The van der Waals surface area contributed by atoms with Crippen molar-refractivity contribution in [2.24, 2.45) is 5.73 Å². The van der Waals surface area contributed by atoms with Crippen molar-refractivity contribution in [2.45, 2.75) is 12.3 Å². The third kappa shape index (κ3) is 4.64. The second kappa shape index (κ2) is 4.38. The summed E-state index contributed by atoms with van der Waals surface area (Å²) in [5, 5.41) is 1.29. The molecule has 1 amide bonds. The highest BCUT2D eigenvalue weighted by Gasteiger charge is 2.15. The van der Waals surface area contributed by atoms with E-state index in [2.05, 4.69) is 11.9 Å². The number of amides is 1. The molecule has 0 saturated heterocycles. The number of sulfone groups is 1. The van der Waals surface area contributed by atoms with Crippen LogP contribution in [0.25, 0.3) is 0 Å². The van der Waals surface area contributed by atoms with E-state index in [0.717, 1.165) is 6.26 Å². The van der Waals surface area contributed by atoms with Crippen molar-refractivity contribution in [3.63, 3.8) is 0 Å². The first-order valence-electron chi connectivity index (χ1n) is 3.63. The molecular weight excluding hydrogens is 192 g/mol. The van der Waals surface area contributed by atoms with Gasteiger partial charge in [0, 0.05) is 18.4 Å². The van der Waals surface area contributed by atoms with E-state index in [1.165, 1.54) is 6.92 Å². The minimum atomic E-state index is -3.29. The number of carbonyl (C=O) groups is 1. The molecular formula is C7H14N2O3S. The van der Waals surface area contributed by atoms with Crippen LogP contribution in [0, 0.1) is 0 Å². The lowest BCUT2D eigenvalue weighted by Gasteiger charge is -2.10. The van der Waals surface area contributed by atoms with Gasteiger partial charge in [-0.2, -0.15) is 0 Å². The Morgan fingerprint density at radius 3 is 2.38 bits per heavy atom. The summed E-state index contributed by atoms with van der Waals surface area (Å²) in [7, 11) is -3.29. The average molecular weight is 206 g/mol. The molecule has 0 aromatic rings. The number of nitrogens with two attached hydrogens (primary N) is 1. The quantitative estimate of drug-likeness (QED) is 0.578. The van der Waals surface area contributed by atoms with E-state index < -0.39 is 15.2 Å². The van der Waals surface area contributed by atoms with Gasteiger partial charge in [-0.3, -0.25) is 4.79 Å². The molecule has 0 saturated carbocycles. The number of rotatable bonds is 4. The molecule has 0 aliphatic rings. The molecule has 0 aliphatic heterocycles. The fourth-order valence-corrected chi connectivity index (χ4v) is 0.882. The Labute approximate surface area is 77.9 Å². The number of hydrogen-bond donors (Lipinski definition) is 2. The molecule has 76 valence electrons. The Hall–Kier alpha value is -0.880. The largest absolute Gasteiger partial charge is 0.350 e. The van der Waals surface area contributed by atoms with Gasteiger partial charge in [0.25, 0.3) is 0 Å². The third-order valence-corrected chi connectivity index (χ3v) is 2.67. The molecule has 0 rings (SSSR count). The van der Waals surface area contributed by atoms with Crippen LogP contribution in [-0.4, -0.2) is 32.5 Å². The molecule has 0 aliphatic carbocycles. The smallest absolute Gasteiger partial charge is 0.246 e. The van der Waals surface area contributed by atoms with Gasteiger partial charge in [-0.15, -0.1) is 0 Å². The minimum Gasteiger partial charge on any atom is -0.350 e. The van der Waals surface area contributed by atoms with Gasteiger partial charge in [0.15, 0.2) is 9.84 Å². The molecule has 0 fully saturated rings. The lowest BCUT2D eigenvalue weighted by atomic mass is 10.3. The second-order valence-corrected chi connectivity index (χ2v) is 5.12. The fraction of sp³-hybridized carbons (Fsp3) is 0.571. The minimum absolute atomic E-state index is 0.0927. The van der Waals surface area contributed by atoms with E-state index in [-0.39, 0.29) is 12.5 Å². The Balaban J connectivity index is 4.06. The molecule has 0 heterocycles. The van der Waals surface area contributed by atoms with Crippen molar-refractivity contribution in [1.82, 2.24) is 5.32 Å². The SMILES string of the molecule is C=C(C)C(=O)NCC(N)S(C)(=O)=O. The van der Waals surface area contributed by atoms with Crippen molar-refractivity contribution in [2.75, 3.05) is 12.8 Å². The maximum atomic E-state index is 10.9. The standard InChI is InChI=1S/C7H14N2O3S/c1-5(2)7(10)9-4-6(8)13(3,11)12/h6H,1,4,8H2,2-3H3,(H,9,10). The molecule has 3 N–H and O–H groups in total. The zero-order chi connectivity index (χ0) is 10.6. The topological polar surface area (TPSA) is 89.3 Å². The maximum absolute atomic E-state index is 10.9. The highest BCUT2D eigenvalue weighted by molar-refractivity contribution is 7.91. The average Bonchev–Trinajstić information content (AvgIpc) is 1.97. The normalized spacial score (nSPS) is 13.5. The highest BCUT2D eigenvalue weighted by Crippen LogP contribution is 1.90. The van der Waals surface area contributed by atoms with Crippen molar-refractivity contribution in [3.05, 3.63) is 12.2 Å². The van der Waals surface area contributed by atoms with Gasteiger partial charge >= 0.3 is 0 Å². The lowest BCUT2D eigenvalue weighted by Crippen LogP contribution is -2.42. The Morgan fingerprint density at radius 2 is 2.08 bits per heavy atom. The van der Waals surface area contributed by atoms with Gasteiger partial charge in [0.05, 0.1) is 0 Å². The van der Waals surface area contributed by atoms with Gasteiger partial charge in [-0.05, 0) is 6.92 Å². The summed E-state index contributed by atoms with van der Waals surface area (Å²) in [5.74, 6) is -0.390. The Kier molecular flexibility index (Phi) is 4.09. The zero-order valence-corrected chi connectivity index (χ0v) is 8.52. The summed E-state index contributed by atoms with van der Waals surface area (Å²) < 4.78 is 21.6. The van der Waals surface area contributed by atoms with E-state index in [4.69, 9.17) is 5.73 Å². The molecule has 5 nitrogen and oxygen atoms in total. The fourth-order valence-electron chi connectivity index (χ4n) is 0.496. The molecule has 0 bridgehead atoms. The van der Waals surface area contributed by atoms with Crippen molar-refractivity contribution in [3.8, 4) is 0 Å². The summed E-state index contributed by atoms with van der Waals surface area (Å²) in [6.07, 6.45) is 1.02. The Bertz CT molecular complexity index is 308. The molecule has 1 atom stereocenters. The number of hydrogen-bond acceptors (Lipinski definition) is 4. The molecule has 13 heavy (non-hydrogen) atoms. The van der Waals surface area contributed by atoms with Gasteiger partial charge in [0.1, 0.15) is 5.37 Å². The van der Waals surface area contributed by atoms with E-state index in [1.807, 2.05) is 0 Å². The predicted octanol–water partition coefficient (Wildman–Crippen LogP) is -0.992. The van der Waals surface area contributed by atoms with E-state index in [9.17, 15) is 13.2 Å². The summed E-state index contributed by atoms with van der Waals surface area (Å²) in [6, 6.07) is 0. The van der Waals surface area contributed by atoms with Gasteiger partial charge in [-0.1, -0.05) is 6.58 Å². The van der Waals surface area contributed by atoms with Crippen molar-refractivity contribution < 1.29 is 13.2 Å². The summed E-state index contributed by atoms with van der Waals surface area (Å²) in [4.78, 5) is 10.9.